The number of halogens is 6. The lowest BCUT2D eigenvalue weighted by atomic mass is 9.85. The number of nitrogens with zero attached hydrogens (tertiary/aromatic N) is 8. The molecular weight excluding hydrogens is 1790 g/mol. The summed E-state index contributed by atoms with van der Waals surface area (Å²) in [6.45, 7) is 0. The van der Waals surface area contributed by atoms with E-state index >= 15 is 0 Å². The molecule has 0 saturated heterocycles. The van der Waals surface area contributed by atoms with Crippen molar-refractivity contribution < 1.29 is 8.78 Å². The minimum atomic E-state index is -0.245. The molecule has 0 bridgehead atoms. The zero-order valence-electron chi connectivity index (χ0n) is 63.0. The van der Waals surface area contributed by atoms with E-state index in [9.17, 15) is 8.78 Å². The number of aromatic nitrogens is 13. The van der Waals surface area contributed by atoms with Crippen LogP contribution in [-0.4, -0.2) is 65.5 Å². The lowest BCUT2D eigenvalue weighted by Gasteiger charge is -2.23. The Morgan fingerprint density at radius 2 is 0.696 bits per heavy atom. The number of hydrogen-bond acceptors (Lipinski definition) is 8. The number of aryl methyl sites for hydroxylation is 6. The van der Waals surface area contributed by atoms with Gasteiger partial charge in [0.05, 0.1) is 79.8 Å². The Morgan fingerprint density at radius 3 is 1.21 bits per heavy atom. The Morgan fingerprint density at radius 1 is 0.304 bits per heavy atom. The van der Waals surface area contributed by atoms with Crippen LogP contribution in [0.25, 0.3) is 154 Å². The Bertz CT molecular complexity index is 6690. The SMILES string of the molecule is Fc1ccc(-c2[nH]c3ccc4nccc4c3c3c2CCCC3)c(Br)c1.Fc1ccc(-c2nc3ccc4[nH]ncc4c3c3c2CCCC3)c(Br)c1.Ic1ccc(-c2[nH]c3ccc4nccc4c3c3c2CCCC3)cc1.Ic1ccc(-c2nc3ccc4[nH]ncc4c3c3c2CCCC3)cc1.c1nc2ccc3[nH]ncc3c2c2c1CCCC2. The zero-order chi connectivity index (χ0) is 77.4. The summed E-state index contributed by atoms with van der Waals surface area (Å²) in [6.07, 6.45) is 35.1. The third kappa shape index (κ3) is 13.8. The Hall–Kier alpha value is -10.2. The van der Waals surface area contributed by atoms with Crippen LogP contribution in [0.2, 0.25) is 0 Å². The van der Waals surface area contributed by atoms with Gasteiger partial charge in [-0.3, -0.25) is 30.2 Å². The molecule has 10 aromatic heterocycles. The summed E-state index contributed by atoms with van der Waals surface area (Å²) in [5, 5.41) is 34.3. The monoisotopic (exact) mass is 1860 g/mol. The number of aromatic amines is 5. The van der Waals surface area contributed by atoms with Crippen molar-refractivity contribution >= 4 is 186 Å². The lowest BCUT2D eigenvalue weighted by Crippen LogP contribution is -2.08. The minimum Gasteiger partial charge on any atom is -0.354 e. The van der Waals surface area contributed by atoms with Crippen molar-refractivity contribution in [2.75, 3.05) is 0 Å². The fourth-order valence-corrected chi connectivity index (χ4v) is 20.7. The molecule has 5 aliphatic rings. The maximum Gasteiger partial charge on any atom is 0.124 e. The summed E-state index contributed by atoms with van der Waals surface area (Å²) in [6, 6.07) is 52.5. The molecule has 13 nitrogen and oxygen atoms in total. The Balaban J connectivity index is 0.0000000934. The highest BCUT2D eigenvalue weighted by atomic mass is 127. The van der Waals surface area contributed by atoms with Gasteiger partial charge in [0.2, 0.25) is 0 Å². The molecule has 0 fully saturated rings. The normalized spacial score (nSPS) is 14.3. The summed E-state index contributed by atoms with van der Waals surface area (Å²) in [5.74, 6) is -0.472. The summed E-state index contributed by atoms with van der Waals surface area (Å²) in [4.78, 5) is 31.0. The molecule has 5 aliphatic carbocycles. The van der Waals surface area contributed by atoms with E-state index in [1.807, 2.05) is 55.2 Å². The molecule has 0 spiro atoms. The molecule has 0 radical (unpaired) electrons. The van der Waals surface area contributed by atoms with E-state index in [1.54, 1.807) is 0 Å². The maximum absolute atomic E-state index is 13.5. The third-order valence-corrected chi connectivity index (χ3v) is 27.0. The first-order chi connectivity index (χ1) is 56.5. The van der Waals surface area contributed by atoms with Crippen molar-refractivity contribution in [2.45, 2.75) is 128 Å². The lowest BCUT2D eigenvalue weighted by molar-refractivity contribution is 0.626. The average Bonchev–Trinajstić information content (AvgIpc) is 1.74. The van der Waals surface area contributed by atoms with Gasteiger partial charge in [0, 0.05) is 122 Å². The smallest absolute Gasteiger partial charge is 0.124 e. The molecule has 115 heavy (non-hydrogen) atoms. The summed E-state index contributed by atoms with van der Waals surface area (Å²) in [5.41, 5.74) is 34.2. The van der Waals surface area contributed by atoms with Crippen molar-refractivity contribution in [3.05, 3.63) is 278 Å². The molecule has 568 valence electrons. The summed E-state index contributed by atoms with van der Waals surface area (Å²) in [7, 11) is 0. The van der Waals surface area contributed by atoms with Gasteiger partial charge in [0.1, 0.15) is 11.6 Å². The molecule has 0 saturated carbocycles. The molecule has 19 heteroatoms. The van der Waals surface area contributed by atoms with Gasteiger partial charge >= 0.3 is 0 Å². The van der Waals surface area contributed by atoms with E-state index in [2.05, 4.69) is 248 Å². The first kappa shape index (κ1) is 73.7. The van der Waals surface area contributed by atoms with Crippen LogP contribution in [0.4, 0.5) is 8.78 Å². The molecule has 0 aliphatic heterocycles. The first-order valence-electron chi connectivity index (χ1n) is 40.0. The number of benzene rings is 9. The fourth-order valence-electron chi connectivity index (χ4n) is 18.9. The molecule has 9 aromatic carbocycles. The molecule has 0 amide bonds. The van der Waals surface area contributed by atoms with Gasteiger partial charge in [-0.15, -0.1) is 0 Å². The quantitative estimate of drug-likeness (QED) is 0.108. The van der Waals surface area contributed by atoms with Crippen molar-refractivity contribution in [2.24, 2.45) is 0 Å². The van der Waals surface area contributed by atoms with Gasteiger partial charge in [0.25, 0.3) is 0 Å². The second-order valence-corrected chi connectivity index (χ2v) is 35.1. The topological polar surface area (TPSA) is 182 Å². The first-order valence-corrected chi connectivity index (χ1v) is 43.8. The Kier molecular flexibility index (Phi) is 20.1. The van der Waals surface area contributed by atoms with E-state index in [4.69, 9.17) is 9.97 Å². The van der Waals surface area contributed by atoms with E-state index in [0.29, 0.717) is 0 Å². The summed E-state index contributed by atoms with van der Waals surface area (Å²) < 4.78 is 31.1. The van der Waals surface area contributed by atoms with E-state index < -0.39 is 0 Å². The molecule has 5 N–H and O–H groups in total. The number of pyridine rings is 5. The molecule has 0 unspecified atom stereocenters. The van der Waals surface area contributed by atoms with Crippen LogP contribution >= 0.6 is 77.0 Å². The van der Waals surface area contributed by atoms with Gasteiger partial charge in [-0.25, -0.2) is 18.7 Å². The van der Waals surface area contributed by atoms with E-state index in [-0.39, 0.29) is 11.6 Å². The Labute approximate surface area is 705 Å². The van der Waals surface area contributed by atoms with Gasteiger partial charge < -0.3 is 9.97 Å². The standard InChI is InChI=1S/C21H16BrFN2.C21H17IN2.C20H15BrFN3.C20H16IN3.C14H13N3/c22-17-11-12(23)5-6-15(17)21-14-4-2-1-3-13(14)20-16-9-10-24-18(16)7-8-19(20)25-21;22-14-7-5-13(6-8-14)21-16-4-2-1-3-15(16)20-17-11-12-23-18(17)9-10-19(20)24-21;21-16-9-11(22)5-6-14(16)20-13-4-2-1-3-12(13)19-15-10-23-25-17(15)7-8-18(19)24-20;21-13-7-5-12(6-8-13)20-15-4-2-1-3-14(15)19-16-11-22-24-17(16)9-10-18(19)23-20;1-2-4-10-9(3-1)7-15-13-6-5-12-11(14(10)13)8-16-17-12/h5-11,25H,1-4H2;5-12,24H,1-4H2;5-10H,1-4H2,(H,23,25);5-11H,1-4H2,(H,22,24);5-8H,1-4H2,(H,16,17). The van der Waals surface area contributed by atoms with Gasteiger partial charge in [-0.05, 0) is 400 Å². The number of nitrogens with one attached hydrogen (secondary N) is 5. The van der Waals surface area contributed by atoms with Crippen LogP contribution in [0, 0.1) is 18.8 Å². The maximum atomic E-state index is 13.5. The van der Waals surface area contributed by atoms with Gasteiger partial charge in [0.15, 0.2) is 0 Å². The van der Waals surface area contributed by atoms with Crippen LogP contribution in [0.1, 0.15) is 120 Å². The number of fused-ring (bicyclic) bond motifs is 25. The summed E-state index contributed by atoms with van der Waals surface area (Å²) >= 11 is 11.8. The fraction of sp³-hybridized carbons (Fsp3) is 0.208. The van der Waals surface area contributed by atoms with Crippen molar-refractivity contribution in [1.29, 1.82) is 0 Å². The van der Waals surface area contributed by atoms with Crippen LogP contribution in [0.15, 0.2) is 204 Å². The highest BCUT2D eigenvalue weighted by Gasteiger charge is 2.27. The molecule has 19 aromatic rings. The van der Waals surface area contributed by atoms with E-state index in [1.165, 1.54) is 235 Å². The van der Waals surface area contributed by atoms with Crippen LogP contribution in [0.3, 0.4) is 0 Å². The predicted octanol–water partition coefficient (Wildman–Crippen LogP) is 25.8. The van der Waals surface area contributed by atoms with Crippen LogP contribution < -0.4 is 0 Å². The van der Waals surface area contributed by atoms with Crippen molar-refractivity contribution in [1.82, 2.24) is 65.5 Å². The largest absolute Gasteiger partial charge is 0.354 e. The highest BCUT2D eigenvalue weighted by molar-refractivity contribution is 14.1. The second-order valence-electron chi connectivity index (χ2n) is 30.9. The van der Waals surface area contributed by atoms with Crippen molar-refractivity contribution in [3.63, 3.8) is 0 Å². The number of hydrogen-bond donors (Lipinski definition) is 5. The molecule has 0 atom stereocenters. The molecule has 24 rings (SSSR count). The number of rotatable bonds is 4. The van der Waals surface area contributed by atoms with Crippen LogP contribution in [0.5, 0.6) is 0 Å². The predicted molar refractivity (Wildman–Crippen MR) is 487 cm³/mol. The van der Waals surface area contributed by atoms with Crippen molar-refractivity contribution in [3.8, 4) is 45.0 Å². The average molecular weight is 1860 g/mol. The van der Waals surface area contributed by atoms with Crippen LogP contribution in [-0.2, 0) is 64.2 Å². The van der Waals surface area contributed by atoms with Gasteiger partial charge in [-0.1, -0.05) is 24.3 Å². The molecular formula is C96H77Br2F2I2N13. The molecule has 10 heterocycles. The highest BCUT2D eigenvalue weighted by Crippen LogP contribution is 2.45. The second kappa shape index (κ2) is 31.4. The van der Waals surface area contributed by atoms with Gasteiger partial charge in [-0.2, -0.15) is 15.3 Å². The van der Waals surface area contributed by atoms with E-state index in [0.717, 1.165) is 144 Å². The zero-order valence-corrected chi connectivity index (χ0v) is 70.4. The third-order valence-electron chi connectivity index (χ3n) is 24.2. The minimum absolute atomic E-state index is 0.227. The number of H-pyrrole nitrogens is 5.